The molecule has 0 radical (unpaired) electrons. The molecule has 4 heteroatoms. The normalized spacial score (nSPS) is 9.71. The summed E-state index contributed by atoms with van der Waals surface area (Å²) >= 11 is 0. The molecule has 0 bridgehead atoms. The lowest BCUT2D eigenvalue weighted by atomic mass is 10.0. The molecule has 0 spiro atoms. The molecule has 0 aromatic heterocycles. The quantitative estimate of drug-likeness (QED) is 0.659. The predicted octanol–water partition coefficient (Wildman–Crippen LogP) is 2.56. The second-order valence-corrected chi connectivity index (χ2v) is 3.61. The van der Waals surface area contributed by atoms with Gasteiger partial charge in [-0.1, -0.05) is 30.3 Å². The Hall–Kier alpha value is -1.74. The summed E-state index contributed by atoms with van der Waals surface area (Å²) in [6, 6.07) is 11.5. The lowest BCUT2D eigenvalue weighted by molar-refractivity contribution is -0.139. The third kappa shape index (κ3) is 2.68. The average Bonchev–Trinajstić information content (AvgIpc) is 2.33. The molecule has 0 heterocycles. The van der Waals surface area contributed by atoms with E-state index in [9.17, 15) is 4.79 Å². The number of nitrogen functional groups attached to an aromatic ring is 1. The van der Waals surface area contributed by atoms with Crippen LogP contribution in [0.3, 0.4) is 0 Å². The molecule has 0 saturated carbocycles. The van der Waals surface area contributed by atoms with Crippen LogP contribution in [0.4, 0.5) is 5.69 Å². The number of hydrogen-bond donors (Lipinski definition) is 1. The standard InChI is InChI=1S/C13H13NO2.ClH/c1-16-13(15)8-9-6-7-12(14)11-5-3-2-4-10(9)11;/h2-7H,8,14H2,1H3;1H. The molecule has 2 rings (SSSR count). The van der Waals surface area contributed by atoms with Gasteiger partial charge in [-0.15, -0.1) is 12.4 Å². The molecular weight excluding hydrogens is 238 g/mol. The molecule has 0 saturated heterocycles. The molecule has 0 unspecified atom stereocenters. The van der Waals surface area contributed by atoms with Crippen LogP contribution in [-0.4, -0.2) is 13.1 Å². The summed E-state index contributed by atoms with van der Waals surface area (Å²) in [7, 11) is 1.39. The van der Waals surface area contributed by atoms with Crippen LogP contribution >= 0.6 is 12.4 Å². The number of methoxy groups -OCH3 is 1. The van der Waals surface area contributed by atoms with Crippen LogP contribution in [0, 0.1) is 0 Å². The SMILES string of the molecule is COC(=O)Cc1ccc(N)c2ccccc12.Cl. The first-order valence-electron chi connectivity index (χ1n) is 5.05. The molecule has 0 aliphatic carbocycles. The van der Waals surface area contributed by atoms with Gasteiger partial charge in [0.1, 0.15) is 0 Å². The minimum atomic E-state index is -0.241. The van der Waals surface area contributed by atoms with Gasteiger partial charge in [-0.2, -0.15) is 0 Å². The van der Waals surface area contributed by atoms with Crippen LogP contribution in [0.2, 0.25) is 0 Å². The molecule has 0 fully saturated rings. The molecular formula is C13H14ClNO2. The molecule has 2 N–H and O–H groups in total. The maximum absolute atomic E-state index is 11.3. The zero-order valence-electron chi connectivity index (χ0n) is 9.47. The van der Waals surface area contributed by atoms with Gasteiger partial charge in [0.15, 0.2) is 0 Å². The number of halogens is 1. The number of carbonyl (C=O) groups excluding carboxylic acids is 1. The van der Waals surface area contributed by atoms with Gasteiger partial charge in [0.25, 0.3) is 0 Å². The van der Waals surface area contributed by atoms with Gasteiger partial charge in [0.2, 0.25) is 0 Å². The largest absolute Gasteiger partial charge is 0.469 e. The van der Waals surface area contributed by atoms with Crippen molar-refractivity contribution in [3.05, 3.63) is 42.0 Å². The Morgan fingerprint density at radius 3 is 2.47 bits per heavy atom. The highest BCUT2D eigenvalue weighted by Gasteiger charge is 2.07. The predicted molar refractivity (Wildman–Crippen MR) is 71.3 cm³/mol. The maximum Gasteiger partial charge on any atom is 0.309 e. The molecule has 3 nitrogen and oxygen atoms in total. The van der Waals surface area contributed by atoms with Crippen molar-refractivity contribution in [1.29, 1.82) is 0 Å². The Morgan fingerprint density at radius 1 is 1.18 bits per heavy atom. The van der Waals surface area contributed by atoms with E-state index >= 15 is 0 Å². The summed E-state index contributed by atoms with van der Waals surface area (Å²) in [4.78, 5) is 11.3. The smallest absolute Gasteiger partial charge is 0.309 e. The fourth-order valence-electron chi connectivity index (χ4n) is 1.77. The van der Waals surface area contributed by atoms with Gasteiger partial charge in [-0.25, -0.2) is 0 Å². The Balaban J connectivity index is 0.00000144. The summed E-state index contributed by atoms with van der Waals surface area (Å²) < 4.78 is 4.66. The lowest BCUT2D eigenvalue weighted by Crippen LogP contribution is -2.05. The molecule has 0 aliphatic heterocycles. The van der Waals surface area contributed by atoms with E-state index in [4.69, 9.17) is 5.73 Å². The third-order valence-corrected chi connectivity index (χ3v) is 2.61. The molecule has 0 amide bonds. The summed E-state index contributed by atoms with van der Waals surface area (Å²) in [5, 5.41) is 1.98. The minimum Gasteiger partial charge on any atom is -0.469 e. The van der Waals surface area contributed by atoms with E-state index < -0.39 is 0 Å². The van der Waals surface area contributed by atoms with E-state index in [1.807, 2.05) is 36.4 Å². The van der Waals surface area contributed by atoms with E-state index in [2.05, 4.69) is 4.74 Å². The molecule has 2 aromatic carbocycles. The van der Waals surface area contributed by atoms with E-state index in [0.717, 1.165) is 22.0 Å². The third-order valence-electron chi connectivity index (χ3n) is 2.61. The summed E-state index contributed by atoms with van der Waals surface area (Å²) in [6.45, 7) is 0. The highest BCUT2D eigenvalue weighted by molar-refractivity contribution is 5.96. The van der Waals surface area contributed by atoms with E-state index in [1.165, 1.54) is 7.11 Å². The summed E-state index contributed by atoms with van der Waals surface area (Å²) in [6.07, 6.45) is 0.275. The van der Waals surface area contributed by atoms with E-state index in [1.54, 1.807) is 0 Å². The van der Waals surface area contributed by atoms with Crippen molar-refractivity contribution in [3.8, 4) is 0 Å². The second kappa shape index (κ2) is 5.55. The van der Waals surface area contributed by atoms with Crippen molar-refractivity contribution in [1.82, 2.24) is 0 Å². The fraction of sp³-hybridized carbons (Fsp3) is 0.154. The lowest BCUT2D eigenvalue weighted by Gasteiger charge is -2.07. The van der Waals surface area contributed by atoms with Gasteiger partial charge in [-0.3, -0.25) is 4.79 Å². The second-order valence-electron chi connectivity index (χ2n) is 3.61. The number of anilines is 1. The van der Waals surface area contributed by atoms with Crippen molar-refractivity contribution >= 4 is 34.8 Å². The van der Waals surface area contributed by atoms with Crippen molar-refractivity contribution in [2.24, 2.45) is 0 Å². The number of nitrogens with two attached hydrogens (primary N) is 1. The van der Waals surface area contributed by atoms with Crippen molar-refractivity contribution in [2.75, 3.05) is 12.8 Å². The van der Waals surface area contributed by atoms with Gasteiger partial charge in [-0.05, 0) is 17.0 Å². The fourth-order valence-corrected chi connectivity index (χ4v) is 1.77. The molecule has 0 atom stereocenters. The Morgan fingerprint density at radius 2 is 1.82 bits per heavy atom. The molecule has 17 heavy (non-hydrogen) atoms. The van der Waals surface area contributed by atoms with E-state index in [0.29, 0.717) is 0 Å². The topological polar surface area (TPSA) is 52.3 Å². The Labute approximate surface area is 106 Å². The minimum absolute atomic E-state index is 0. The highest BCUT2D eigenvalue weighted by atomic mass is 35.5. The maximum atomic E-state index is 11.3. The van der Waals surface area contributed by atoms with Gasteiger partial charge in [0.05, 0.1) is 13.5 Å². The average molecular weight is 252 g/mol. The van der Waals surface area contributed by atoms with Crippen molar-refractivity contribution in [2.45, 2.75) is 6.42 Å². The number of benzene rings is 2. The number of rotatable bonds is 2. The van der Waals surface area contributed by atoms with Gasteiger partial charge >= 0.3 is 5.97 Å². The van der Waals surface area contributed by atoms with Crippen molar-refractivity contribution < 1.29 is 9.53 Å². The first-order chi connectivity index (χ1) is 7.72. The molecule has 0 aliphatic rings. The first kappa shape index (κ1) is 13.3. The van der Waals surface area contributed by atoms with Crippen LogP contribution in [-0.2, 0) is 16.0 Å². The first-order valence-corrected chi connectivity index (χ1v) is 5.05. The van der Waals surface area contributed by atoms with E-state index in [-0.39, 0.29) is 24.8 Å². The Bertz CT molecular complexity index is 540. The number of ether oxygens (including phenoxy) is 1. The van der Waals surface area contributed by atoms with Crippen LogP contribution in [0.15, 0.2) is 36.4 Å². The van der Waals surface area contributed by atoms with Gasteiger partial charge in [0, 0.05) is 11.1 Å². The monoisotopic (exact) mass is 251 g/mol. The Kier molecular flexibility index (Phi) is 4.35. The van der Waals surface area contributed by atoms with Crippen LogP contribution in [0.1, 0.15) is 5.56 Å². The zero-order valence-corrected chi connectivity index (χ0v) is 10.3. The highest BCUT2D eigenvalue weighted by Crippen LogP contribution is 2.24. The van der Waals surface area contributed by atoms with Crippen LogP contribution in [0.25, 0.3) is 10.8 Å². The number of hydrogen-bond acceptors (Lipinski definition) is 3. The number of carbonyl (C=O) groups is 1. The van der Waals surface area contributed by atoms with Crippen LogP contribution < -0.4 is 5.73 Å². The van der Waals surface area contributed by atoms with Gasteiger partial charge < -0.3 is 10.5 Å². The van der Waals surface area contributed by atoms with Crippen LogP contribution in [0.5, 0.6) is 0 Å². The summed E-state index contributed by atoms with van der Waals surface area (Å²) in [5.41, 5.74) is 7.54. The molecule has 2 aromatic rings. The van der Waals surface area contributed by atoms with Crippen molar-refractivity contribution in [3.63, 3.8) is 0 Å². The number of esters is 1. The zero-order chi connectivity index (χ0) is 11.5. The molecule has 90 valence electrons. The number of fused-ring (bicyclic) bond motifs is 1. The summed E-state index contributed by atoms with van der Waals surface area (Å²) in [5.74, 6) is -0.241.